The normalized spacial score (nSPS) is 13.4. The zero-order valence-electron chi connectivity index (χ0n) is 6.87. The summed E-state index contributed by atoms with van der Waals surface area (Å²) in [5, 5.41) is 12.3. The highest BCUT2D eigenvalue weighted by atomic mass is 32.1. The molecule has 1 aromatic rings. The number of hydrogen-bond donors (Lipinski definition) is 1. The van der Waals surface area contributed by atoms with Crippen molar-refractivity contribution in [2.45, 2.75) is 32.8 Å². The lowest BCUT2D eigenvalue weighted by Crippen LogP contribution is -1.95. The van der Waals surface area contributed by atoms with Crippen LogP contribution in [0.4, 0.5) is 0 Å². The molecule has 0 aliphatic carbocycles. The van der Waals surface area contributed by atoms with Gasteiger partial charge in [0.2, 0.25) is 0 Å². The molecule has 0 amide bonds. The van der Waals surface area contributed by atoms with Gasteiger partial charge in [-0.2, -0.15) is 0 Å². The van der Waals surface area contributed by atoms with E-state index < -0.39 is 0 Å². The van der Waals surface area contributed by atoms with Crippen LogP contribution in [-0.2, 0) is 0 Å². The Morgan fingerprint density at radius 1 is 1.73 bits per heavy atom. The van der Waals surface area contributed by atoms with E-state index in [-0.39, 0.29) is 6.10 Å². The molecule has 2 nitrogen and oxygen atoms in total. The molecule has 0 fully saturated rings. The Bertz CT molecular complexity index is 222. The second kappa shape index (κ2) is 3.83. The standard InChI is InChI=1S/C8H13NOS/c1-3-4-7(10)8-9-6(2)5-11-8/h5,7,10H,3-4H2,1-2H3. The fourth-order valence-corrected chi connectivity index (χ4v) is 1.74. The summed E-state index contributed by atoms with van der Waals surface area (Å²) < 4.78 is 0. The second-order valence-electron chi connectivity index (χ2n) is 2.63. The van der Waals surface area contributed by atoms with E-state index >= 15 is 0 Å². The molecule has 0 spiro atoms. The summed E-state index contributed by atoms with van der Waals surface area (Å²) in [7, 11) is 0. The van der Waals surface area contributed by atoms with Crippen molar-refractivity contribution < 1.29 is 5.11 Å². The Morgan fingerprint density at radius 3 is 2.91 bits per heavy atom. The molecule has 1 N–H and O–H groups in total. The van der Waals surface area contributed by atoms with Crippen LogP contribution in [0.25, 0.3) is 0 Å². The third-order valence-corrected chi connectivity index (χ3v) is 2.55. The van der Waals surface area contributed by atoms with E-state index in [4.69, 9.17) is 0 Å². The predicted molar refractivity (Wildman–Crippen MR) is 46.7 cm³/mol. The van der Waals surface area contributed by atoms with Gasteiger partial charge in [0.1, 0.15) is 11.1 Å². The molecule has 1 unspecified atom stereocenters. The van der Waals surface area contributed by atoms with Gasteiger partial charge in [-0.25, -0.2) is 4.98 Å². The predicted octanol–water partition coefficient (Wildman–Crippen LogP) is 2.29. The first-order valence-corrected chi connectivity index (χ1v) is 4.72. The van der Waals surface area contributed by atoms with E-state index in [0.29, 0.717) is 0 Å². The lowest BCUT2D eigenvalue weighted by molar-refractivity contribution is 0.166. The van der Waals surface area contributed by atoms with Crippen LogP contribution in [-0.4, -0.2) is 10.1 Å². The zero-order valence-corrected chi connectivity index (χ0v) is 7.69. The van der Waals surface area contributed by atoms with Gasteiger partial charge in [-0.1, -0.05) is 13.3 Å². The molecule has 11 heavy (non-hydrogen) atoms. The molecule has 0 aliphatic rings. The Hall–Kier alpha value is -0.410. The summed E-state index contributed by atoms with van der Waals surface area (Å²) >= 11 is 1.54. The molecule has 0 aliphatic heterocycles. The topological polar surface area (TPSA) is 33.1 Å². The fraction of sp³-hybridized carbons (Fsp3) is 0.625. The Kier molecular flexibility index (Phi) is 3.02. The molecule has 62 valence electrons. The molecular weight excluding hydrogens is 158 g/mol. The van der Waals surface area contributed by atoms with Crippen molar-refractivity contribution >= 4 is 11.3 Å². The van der Waals surface area contributed by atoms with Gasteiger partial charge < -0.3 is 5.11 Å². The van der Waals surface area contributed by atoms with Crippen molar-refractivity contribution in [3.63, 3.8) is 0 Å². The van der Waals surface area contributed by atoms with Crippen LogP contribution in [0.2, 0.25) is 0 Å². The van der Waals surface area contributed by atoms with Crippen LogP contribution in [0.1, 0.15) is 36.6 Å². The minimum Gasteiger partial charge on any atom is -0.386 e. The summed E-state index contributed by atoms with van der Waals surface area (Å²) in [6.07, 6.45) is 1.46. The van der Waals surface area contributed by atoms with E-state index in [1.807, 2.05) is 12.3 Å². The maximum Gasteiger partial charge on any atom is 0.121 e. The van der Waals surface area contributed by atoms with E-state index in [2.05, 4.69) is 11.9 Å². The molecule has 1 atom stereocenters. The molecule has 0 radical (unpaired) electrons. The van der Waals surface area contributed by atoms with Crippen LogP contribution in [0.3, 0.4) is 0 Å². The van der Waals surface area contributed by atoms with Crippen molar-refractivity contribution in [2.24, 2.45) is 0 Å². The summed E-state index contributed by atoms with van der Waals surface area (Å²) in [6.45, 7) is 4.00. The van der Waals surface area contributed by atoms with Crippen molar-refractivity contribution in [1.29, 1.82) is 0 Å². The monoisotopic (exact) mass is 171 g/mol. The third kappa shape index (κ3) is 2.27. The highest BCUT2D eigenvalue weighted by Gasteiger charge is 2.08. The van der Waals surface area contributed by atoms with Gasteiger partial charge in [-0.05, 0) is 13.3 Å². The molecule has 0 saturated heterocycles. The van der Waals surface area contributed by atoms with Gasteiger partial charge in [0.15, 0.2) is 0 Å². The summed E-state index contributed by atoms with van der Waals surface area (Å²) in [5.41, 5.74) is 1.00. The van der Waals surface area contributed by atoms with Gasteiger partial charge >= 0.3 is 0 Å². The van der Waals surface area contributed by atoms with Gasteiger partial charge in [0.25, 0.3) is 0 Å². The van der Waals surface area contributed by atoms with E-state index in [9.17, 15) is 5.11 Å². The van der Waals surface area contributed by atoms with Crippen LogP contribution >= 0.6 is 11.3 Å². The number of aliphatic hydroxyl groups excluding tert-OH is 1. The van der Waals surface area contributed by atoms with Crippen molar-refractivity contribution in [3.05, 3.63) is 16.1 Å². The first-order chi connectivity index (χ1) is 5.24. The first-order valence-electron chi connectivity index (χ1n) is 3.84. The second-order valence-corrected chi connectivity index (χ2v) is 3.52. The molecule has 0 saturated carbocycles. The minimum absolute atomic E-state index is 0.348. The molecule has 1 rings (SSSR count). The number of aliphatic hydroxyl groups is 1. The van der Waals surface area contributed by atoms with Gasteiger partial charge in [-0.3, -0.25) is 0 Å². The number of hydrogen-bond acceptors (Lipinski definition) is 3. The summed E-state index contributed by atoms with van der Waals surface area (Å²) in [4.78, 5) is 4.20. The third-order valence-electron chi connectivity index (χ3n) is 1.48. The SMILES string of the molecule is CCCC(O)c1nc(C)cs1. The largest absolute Gasteiger partial charge is 0.386 e. The summed E-state index contributed by atoms with van der Waals surface area (Å²) in [6, 6.07) is 0. The van der Waals surface area contributed by atoms with Crippen molar-refractivity contribution in [1.82, 2.24) is 4.98 Å². The van der Waals surface area contributed by atoms with E-state index in [1.165, 1.54) is 11.3 Å². The van der Waals surface area contributed by atoms with Crippen LogP contribution in [0.5, 0.6) is 0 Å². The minimum atomic E-state index is -0.348. The number of aryl methyl sites for hydroxylation is 1. The number of thiazole rings is 1. The number of aromatic nitrogens is 1. The van der Waals surface area contributed by atoms with E-state index in [1.54, 1.807) is 0 Å². The average Bonchev–Trinajstić information content (AvgIpc) is 2.36. The molecule has 1 aromatic heterocycles. The van der Waals surface area contributed by atoms with Crippen LogP contribution in [0, 0.1) is 6.92 Å². The maximum atomic E-state index is 9.48. The van der Waals surface area contributed by atoms with Gasteiger partial charge in [0, 0.05) is 11.1 Å². The smallest absolute Gasteiger partial charge is 0.121 e. The van der Waals surface area contributed by atoms with Gasteiger partial charge in [0.05, 0.1) is 0 Å². The molecule has 0 aromatic carbocycles. The van der Waals surface area contributed by atoms with Crippen LogP contribution in [0.15, 0.2) is 5.38 Å². The molecule has 1 heterocycles. The first kappa shape index (κ1) is 8.68. The average molecular weight is 171 g/mol. The molecular formula is C8H13NOS. The quantitative estimate of drug-likeness (QED) is 0.757. The number of nitrogens with zero attached hydrogens (tertiary/aromatic N) is 1. The van der Waals surface area contributed by atoms with Crippen molar-refractivity contribution in [2.75, 3.05) is 0 Å². The fourth-order valence-electron chi connectivity index (χ4n) is 0.922. The highest BCUT2D eigenvalue weighted by molar-refractivity contribution is 7.09. The number of rotatable bonds is 3. The Balaban J connectivity index is 2.60. The summed E-state index contributed by atoms with van der Waals surface area (Å²) in [5.74, 6) is 0. The highest BCUT2D eigenvalue weighted by Crippen LogP contribution is 2.21. The maximum absolute atomic E-state index is 9.48. The Morgan fingerprint density at radius 2 is 2.45 bits per heavy atom. The van der Waals surface area contributed by atoms with Gasteiger partial charge in [-0.15, -0.1) is 11.3 Å². The van der Waals surface area contributed by atoms with E-state index in [0.717, 1.165) is 23.5 Å². The Labute approximate surface area is 70.9 Å². The molecule has 3 heteroatoms. The lowest BCUT2D eigenvalue weighted by atomic mass is 10.2. The van der Waals surface area contributed by atoms with Crippen molar-refractivity contribution in [3.8, 4) is 0 Å². The van der Waals surface area contributed by atoms with Crippen LogP contribution < -0.4 is 0 Å². The zero-order chi connectivity index (χ0) is 8.27. The molecule has 0 bridgehead atoms. The lowest BCUT2D eigenvalue weighted by Gasteiger charge is -2.03.